The Labute approximate surface area is 100 Å². The van der Waals surface area contributed by atoms with E-state index >= 15 is 0 Å². The van der Waals surface area contributed by atoms with Crippen molar-refractivity contribution in [2.24, 2.45) is 0 Å². The highest BCUT2D eigenvalue weighted by atomic mass is 79.9. The van der Waals surface area contributed by atoms with Gasteiger partial charge in [-0.2, -0.15) is 0 Å². The minimum Gasteiger partial charge on any atom is -0.293 e. The molecule has 1 aromatic carbocycles. The van der Waals surface area contributed by atoms with Crippen LogP contribution in [0.3, 0.4) is 0 Å². The molecular weight excluding hydrogens is 277 g/mol. The fraction of sp³-hybridized carbons (Fsp3) is 0.273. The zero-order valence-corrected chi connectivity index (χ0v) is 9.88. The molecule has 1 atom stereocenters. The number of nitrogens with one attached hydrogen (secondary N) is 1. The van der Waals surface area contributed by atoms with Crippen LogP contribution in [0.25, 0.3) is 0 Å². The van der Waals surface area contributed by atoms with Gasteiger partial charge in [-0.25, -0.2) is 4.39 Å². The molecule has 0 spiro atoms. The molecule has 5 heteroatoms. The molecule has 0 unspecified atom stereocenters. The van der Waals surface area contributed by atoms with Crippen LogP contribution in [-0.2, 0) is 15.3 Å². The second kappa shape index (κ2) is 3.97. The lowest BCUT2D eigenvalue weighted by molar-refractivity contribution is -0.144. The van der Waals surface area contributed by atoms with Crippen LogP contribution < -0.4 is 5.32 Å². The summed E-state index contributed by atoms with van der Waals surface area (Å²) in [6, 6.07) is 6.42. The molecule has 1 aliphatic rings. The number of hydrogen-bond acceptors (Lipinski definition) is 2. The van der Waals surface area contributed by atoms with Crippen LogP contribution in [0, 0.1) is 0 Å². The van der Waals surface area contributed by atoms with E-state index in [1.165, 1.54) is 0 Å². The van der Waals surface area contributed by atoms with Crippen molar-refractivity contribution in [1.29, 1.82) is 0 Å². The summed E-state index contributed by atoms with van der Waals surface area (Å²) in [5.41, 5.74) is -1.81. The first-order valence-corrected chi connectivity index (χ1v) is 5.61. The number of piperidine rings is 1. The van der Waals surface area contributed by atoms with E-state index in [0.717, 1.165) is 4.47 Å². The van der Waals surface area contributed by atoms with Gasteiger partial charge in [0.2, 0.25) is 11.6 Å². The number of rotatable bonds is 1. The number of carbonyl (C=O) groups is 2. The van der Waals surface area contributed by atoms with Crippen molar-refractivity contribution >= 4 is 27.7 Å². The van der Waals surface area contributed by atoms with E-state index < -0.39 is 17.5 Å². The summed E-state index contributed by atoms with van der Waals surface area (Å²) >= 11 is 3.23. The van der Waals surface area contributed by atoms with Gasteiger partial charge in [0.25, 0.3) is 5.91 Å². The minimum atomic E-state index is -2.09. The molecule has 1 heterocycles. The number of imide groups is 1. The molecule has 3 nitrogen and oxygen atoms in total. The predicted octanol–water partition coefficient (Wildman–Crippen LogP) is 2.05. The summed E-state index contributed by atoms with van der Waals surface area (Å²) in [6.07, 6.45) is -0.0718. The molecule has 0 radical (unpaired) electrons. The first kappa shape index (κ1) is 11.3. The van der Waals surface area contributed by atoms with Crippen molar-refractivity contribution in [3.63, 3.8) is 0 Å². The summed E-state index contributed by atoms with van der Waals surface area (Å²) in [4.78, 5) is 22.4. The zero-order chi connectivity index (χ0) is 11.8. The van der Waals surface area contributed by atoms with E-state index in [9.17, 15) is 14.0 Å². The molecule has 1 saturated heterocycles. The molecule has 16 heavy (non-hydrogen) atoms. The predicted molar refractivity (Wildman–Crippen MR) is 59.3 cm³/mol. The maximum Gasteiger partial charge on any atom is 0.268 e. The van der Waals surface area contributed by atoms with Gasteiger partial charge in [-0.3, -0.25) is 14.9 Å². The number of halogens is 2. The molecule has 0 aliphatic carbocycles. The Morgan fingerprint density at radius 3 is 2.44 bits per heavy atom. The average molecular weight is 286 g/mol. The second-order valence-electron chi connectivity index (χ2n) is 3.69. The minimum absolute atomic E-state index is 0.0261. The third kappa shape index (κ3) is 1.87. The summed E-state index contributed by atoms with van der Waals surface area (Å²) in [5, 5.41) is 2.02. The molecule has 84 valence electrons. The van der Waals surface area contributed by atoms with E-state index in [-0.39, 0.29) is 18.4 Å². The van der Waals surface area contributed by atoms with Gasteiger partial charge >= 0.3 is 0 Å². The molecule has 1 fully saturated rings. The van der Waals surface area contributed by atoms with Crippen LogP contribution in [0.5, 0.6) is 0 Å². The fourth-order valence-electron chi connectivity index (χ4n) is 1.68. The SMILES string of the molecule is O=C1CC[C@@](F)(c2ccc(Br)cc2)C(=O)N1. The summed E-state index contributed by atoms with van der Waals surface area (Å²) < 4.78 is 15.2. The average Bonchev–Trinajstić information content (AvgIpc) is 2.25. The van der Waals surface area contributed by atoms with E-state index in [1.807, 2.05) is 5.32 Å². The van der Waals surface area contributed by atoms with Crippen molar-refractivity contribution < 1.29 is 14.0 Å². The number of benzene rings is 1. The van der Waals surface area contributed by atoms with E-state index in [1.54, 1.807) is 24.3 Å². The third-order valence-electron chi connectivity index (χ3n) is 2.61. The lowest BCUT2D eigenvalue weighted by atomic mass is 9.87. The monoisotopic (exact) mass is 285 g/mol. The van der Waals surface area contributed by atoms with Crippen molar-refractivity contribution in [1.82, 2.24) is 5.32 Å². The van der Waals surface area contributed by atoms with Crippen LogP contribution in [0.4, 0.5) is 4.39 Å². The van der Waals surface area contributed by atoms with E-state index in [2.05, 4.69) is 15.9 Å². The molecule has 0 aromatic heterocycles. The van der Waals surface area contributed by atoms with Crippen LogP contribution >= 0.6 is 15.9 Å². The summed E-state index contributed by atoms with van der Waals surface area (Å²) in [6.45, 7) is 0. The quantitative estimate of drug-likeness (QED) is 0.803. The molecule has 0 saturated carbocycles. The molecule has 1 N–H and O–H groups in total. The van der Waals surface area contributed by atoms with Gasteiger partial charge in [0.15, 0.2) is 0 Å². The van der Waals surface area contributed by atoms with Gasteiger partial charge in [-0.05, 0) is 17.7 Å². The normalized spacial score (nSPS) is 25.4. The number of amides is 2. The van der Waals surface area contributed by atoms with Gasteiger partial charge in [0.05, 0.1) is 0 Å². The summed E-state index contributed by atoms with van der Waals surface area (Å²) in [5.74, 6) is -1.29. The Bertz CT molecular complexity index is 446. The van der Waals surface area contributed by atoms with Crippen molar-refractivity contribution in [3.8, 4) is 0 Å². The standard InChI is InChI=1S/C11H9BrFNO2/c12-8-3-1-7(2-4-8)11(13)6-5-9(15)14-10(11)16/h1-4H,5-6H2,(H,14,15,16)/t11-/m1/s1. The molecule has 2 amide bonds. The van der Waals surface area contributed by atoms with Crippen LogP contribution in [0.2, 0.25) is 0 Å². The van der Waals surface area contributed by atoms with Gasteiger partial charge < -0.3 is 0 Å². The van der Waals surface area contributed by atoms with Gasteiger partial charge in [0, 0.05) is 17.3 Å². The number of alkyl halides is 1. The Balaban J connectivity index is 2.34. The molecule has 0 bridgehead atoms. The van der Waals surface area contributed by atoms with E-state index in [0.29, 0.717) is 0 Å². The van der Waals surface area contributed by atoms with Gasteiger partial charge in [-0.15, -0.1) is 0 Å². The van der Waals surface area contributed by atoms with E-state index in [4.69, 9.17) is 0 Å². The maximum absolute atomic E-state index is 14.4. The fourth-order valence-corrected chi connectivity index (χ4v) is 1.94. The highest BCUT2D eigenvalue weighted by Crippen LogP contribution is 2.34. The Hall–Kier alpha value is -1.23. The number of hydrogen-bond donors (Lipinski definition) is 1. The first-order valence-electron chi connectivity index (χ1n) is 4.81. The Morgan fingerprint density at radius 2 is 1.88 bits per heavy atom. The lowest BCUT2D eigenvalue weighted by Gasteiger charge is -2.28. The van der Waals surface area contributed by atoms with Gasteiger partial charge in [0.1, 0.15) is 0 Å². The first-order chi connectivity index (χ1) is 7.52. The van der Waals surface area contributed by atoms with Crippen molar-refractivity contribution in [2.45, 2.75) is 18.5 Å². The highest BCUT2D eigenvalue weighted by Gasteiger charge is 2.44. The zero-order valence-electron chi connectivity index (χ0n) is 8.30. The third-order valence-corrected chi connectivity index (χ3v) is 3.14. The molecule has 1 aromatic rings. The maximum atomic E-state index is 14.4. The van der Waals surface area contributed by atoms with Crippen molar-refractivity contribution in [3.05, 3.63) is 34.3 Å². The van der Waals surface area contributed by atoms with Gasteiger partial charge in [-0.1, -0.05) is 28.1 Å². The smallest absolute Gasteiger partial charge is 0.268 e. The van der Waals surface area contributed by atoms with Crippen LogP contribution in [-0.4, -0.2) is 11.8 Å². The Kier molecular flexibility index (Phi) is 2.80. The Morgan fingerprint density at radius 1 is 1.25 bits per heavy atom. The topological polar surface area (TPSA) is 46.2 Å². The largest absolute Gasteiger partial charge is 0.293 e. The summed E-state index contributed by atoms with van der Waals surface area (Å²) in [7, 11) is 0. The molecule has 1 aliphatic heterocycles. The molecule has 2 rings (SSSR count). The van der Waals surface area contributed by atoms with Crippen molar-refractivity contribution in [2.75, 3.05) is 0 Å². The van der Waals surface area contributed by atoms with Crippen LogP contribution in [0.1, 0.15) is 18.4 Å². The number of carbonyl (C=O) groups excluding carboxylic acids is 2. The lowest BCUT2D eigenvalue weighted by Crippen LogP contribution is -2.48. The second-order valence-corrected chi connectivity index (χ2v) is 4.60. The molecular formula is C11H9BrFNO2. The van der Waals surface area contributed by atoms with Crippen LogP contribution in [0.15, 0.2) is 28.7 Å². The highest BCUT2D eigenvalue weighted by molar-refractivity contribution is 9.10.